The van der Waals surface area contributed by atoms with Crippen molar-refractivity contribution in [3.8, 4) is 0 Å². The fourth-order valence-electron chi connectivity index (χ4n) is 3.95. The van der Waals surface area contributed by atoms with Crippen LogP contribution in [0.1, 0.15) is 33.6 Å². The minimum atomic E-state index is 0.218. The van der Waals surface area contributed by atoms with Crippen molar-refractivity contribution in [3.05, 3.63) is 45.9 Å². The van der Waals surface area contributed by atoms with Crippen molar-refractivity contribution in [2.24, 2.45) is 0 Å². The predicted molar refractivity (Wildman–Crippen MR) is 102 cm³/mol. The number of hydrogen-bond donors (Lipinski definition) is 0. The number of amides is 1. The van der Waals surface area contributed by atoms with Crippen molar-refractivity contribution in [2.45, 2.75) is 25.7 Å². The lowest BCUT2D eigenvalue weighted by Crippen LogP contribution is -2.49. The van der Waals surface area contributed by atoms with E-state index in [4.69, 9.17) is 0 Å². The number of aryl methyl sites for hydroxylation is 1. The van der Waals surface area contributed by atoms with Gasteiger partial charge in [0.25, 0.3) is 5.91 Å². The number of thiophene rings is 1. The van der Waals surface area contributed by atoms with Gasteiger partial charge in [0.2, 0.25) is 0 Å². The molecular formula is C19H21N5OS. The molecule has 0 radical (unpaired) electrons. The predicted octanol–water partition coefficient (Wildman–Crippen LogP) is 2.63. The van der Waals surface area contributed by atoms with Crippen LogP contribution in [0.3, 0.4) is 0 Å². The smallest absolute Gasteiger partial charge is 0.264 e. The van der Waals surface area contributed by atoms with E-state index in [2.05, 4.69) is 20.4 Å². The van der Waals surface area contributed by atoms with Gasteiger partial charge in [0.05, 0.1) is 4.88 Å². The summed E-state index contributed by atoms with van der Waals surface area (Å²) in [4.78, 5) is 22.5. The molecule has 1 fully saturated rings. The molecule has 0 unspecified atom stereocenters. The summed E-state index contributed by atoms with van der Waals surface area (Å²) >= 11 is 1.64. The van der Waals surface area contributed by atoms with Crippen LogP contribution in [-0.4, -0.2) is 51.6 Å². The molecule has 0 atom stereocenters. The zero-order valence-corrected chi connectivity index (χ0v) is 15.4. The number of fused-ring (bicyclic) bond motifs is 2. The Morgan fingerprint density at radius 3 is 2.81 bits per heavy atom. The number of piperazine rings is 1. The molecule has 1 saturated heterocycles. The van der Waals surface area contributed by atoms with Gasteiger partial charge < -0.3 is 9.80 Å². The molecule has 1 amide bonds. The highest BCUT2D eigenvalue weighted by atomic mass is 32.1. The lowest BCUT2D eigenvalue weighted by molar-refractivity contribution is 0.0750. The summed E-state index contributed by atoms with van der Waals surface area (Å²) in [7, 11) is 0. The van der Waals surface area contributed by atoms with Crippen LogP contribution in [0.4, 0.5) is 5.82 Å². The fraction of sp³-hybridized carbons (Fsp3) is 0.421. The van der Waals surface area contributed by atoms with Crippen LogP contribution >= 0.6 is 11.3 Å². The van der Waals surface area contributed by atoms with Gasteiger partial charge in [-0.3, -0.25) is 4.79 Å². The molecule has 0 N–H and O–H groups in total. The van der Waals surface area contributed by atoms with E-state index < -0.39 is 0 Å². The van der Waals surface area contributed by atoms with E-state index in [1.54, 1.807) is 22.0 Å². The van der Waals surface area contributed by atoms with Gasteiger partial charge in [-0.15, -0.1) is 16.4 Å². The van der Waals surface area contributed by atoms with Gasteiger partial charge in [0, 0.05) is 38.6 Å². The van der Waals surface area contributed by atoms with E-state index >= 15 is 0 Å². The number of hydrogen-bond acceptors (Lipinski definition) is 5. The summed E-state index contributed by atoms with van der Waals surface area (Å²) in [5.74, 6) is 1.16. The third-order valence-electron chi connectivity index (χ3n) is 5.43. The summed E-state index contributed by atoms with van der Waals surface area (Å²) < 4.78 is 1.80. The zero-order chi connectivity index (χ0) is 17.5. The first-order chi connectivity index (χ1) is 12.8. The van der Waals surface area contributed by atoms with E-state index in [9.17, 15) is 4.79 Å². The third kappa shape index (κ3) is 2.67. The Balaban J connectivity index is 1.29. The standard InChI is InChI=1S/C19H21N5OS/c25-19(18-15-4-2-1-3-14(15)13-26-18)23-11-9-22(10-12-23)17-6-5-16-20-7-8-24(16)21-17/h5-8,13H,1-4,9-12H2. The Labute approximate surface area is 156 Å². The van der Waals surface area contributed by atoms with Gasteiger partial charge in [-0.2, -0.15) is 0 Å². The molecule has 5 rings (SSSR count). The van der Waals surface area contributed by atoms with Crippen molar-refractivity contribution in [1.29, 1.82) is 0 Å². The maximum atomic E-state index is 13.0. The van der Waals surface area contributed by atoms with Crippen molar-refractivity contribution in [2.75, 3.05) is 31.1 Å². The van der Waals surface area contributed by atoms with E-state index in [-0.39, 0.29) is 5.91 Å². The Kier molecular flexibility index (Phi) is 3.89. The minimum absolute atomic E-state index is 0.218. The molecule has 0 spiro atoms. The first-order valence-electron chi connectivity index (χ1n) is 9.23. The normalized spacial score (nSPS) is 17.5. The van der Waals surface area contributed by atoms with Gasteiger partial charge in [-0.05, 0) is 54.3 Å². The van der Waals surface area contributed by atoms with E-state index in [1.165, 1.54) is 24.0 Å². The third-order valence-corrected chi connectivity index (χ3v) is 6.49. The monoisotopic (exact) mass is 367 g/mol. The second-order valence-electron chi connectivity index (χ2n) is 6.98. The van der Waals surface area contributed by atoms with Crippen LogP contribution in [-0.2, 0) is 12.8 Å². The van der Waals surface area contributed by atoms with E-state index in [0.717, 1.165) is 55.4 Å². The van der Waals surface area contributed by atoms with Crippen molar-refractivity contribution in [3.63, 3.8) is 0 Å². The summed E-state index contributed by atoms with van der Waals surface area (Å²) in [6.45, 7) is 3.11. The first kappa shape index (κ1) is 15.8. The van der Waals surface area contributed by atoms with Crippen molar-refractivity contribution >= 4 is 28.7 Å². The molecular weight excluding hydrogens is 346 g/mol. The lowest BCUT2D eigenvalue weighted by Gasteiger charge is -2.35. The molecule has 2 aliphatic rings. The summed E-state index contributed by atoms with van der Waals surface area (Å²) in [6, 6.07) is 3.99. The van der Waals surface area contributed by atoms with Gasteiger partial charge in [-0.25, -0.2) is 9.50 Å². The Hall–Kier alpha value is -2.41. The molecule has 134 valence electrons. The molecule has 0 aromatic carbocycles. The number of rotatable bonds is 2. The van der Waals surface area contributed by atoms with Crippen molar-refractivity contribution < 1.29 is 4.79 Å². The molecule has 0 bridgehead atoms. The average Bonchev–Trinajstić information content (AvgIpc) is 3.34. The van der Waals surface area contributed by atoms with Crippen LogP contribution in [0.25, 0.3) is 5.65 Å². The number of carbonyl (C=O) groups is 1. The van der Waals surface area contributed by atoms with Gasteiger partial charge in [0.15, 0.2) is 5.65 Å². The summed E-state index contributed by atoms with van der Waals surface area (Å²) in [6.07, 6.45) is 8.28. The van der Waals surface area contributed by atoms with Gasteiger partial charge in [-0.1, -0.05) is 0 Å². The first-order valence-corrected chi connectivity index (χ1v) is 10.1. The van der Waals surface area contributed by atoms with Crippen LogP contribution in [0.5, 0.6) is 0 Å². The van der Waals surface area contributed by atoms with Crippen molar-refractivity contribution in [1.82, 2.24) is 19.5 Å². The molecule has 6 nitrogen and oxygen atoms in total. The molecule has 1 aliphatic heterocycles. The maximum Gasteiger partial charge on any atom is 0.264 e. The SMILES string of the molecule is O=C(c1scc2c1CCCC2)N1CCN(c2ccc3nccn3n2)CC1. The van der Waals surface area contributed by atoms with Crippen LogP contribution in [0.2, 0.25) is 0 Å². The highest BCUT2D eigenvalue weighted by Crippen LogP contribution is 2.31. The zero-order valence-electron chi connectivity index (χ0n) is 14.6. The maximum absolute atomic E-state index is 13.0. The number of anilines is 1. The van der Waals surface area contributed by atoms with Crippen LogP contribution in [0.15, 0.2) is 29.9 Å². The highest BCUT2D eigenvalue weighted by molar-refractivity contribution is 7.12. The average molecular weight is 367 g/mol. The second-order valence-corrected chi connectivity index (χ2v) is 7.86. The molecule has 1 aliphatic carbocycles. The van der Waals surface area contributed by atoms with Gasteiger partial charge in [0.1, 0.15) is 5.82 Å². The quantitative estimate of drug-likeness (QED) is 0.699. The molecule has 3 aromatic heterocycles. The minimum Gasteiger partial charge on any atom is -0.352 e. The molecule has 4 heterocycles. The number of nitrogens with zero attached hydrogens (tertiary/aromatic N) is 5. The Morgan fingerprint density at radius 1 is 1.08 bits per heavy atom. The number of imidazole rings is 1. The van der Waals surface area contributed by atoms with E-state index in [1.807, 2.05) is 23.2 Å². The molecule has 26 heavy (non-hydrogen) atoms. The Morgan fingerprint density at radius 2 is 1.92 bits per heavy atom. The number of aromatic nitrogens is 3. The molecule has 3 aromatic rings. The highest BCUT2D eigenvalue weighted by Gasteiger charge is 2.27. The van der Waals surface area contributed by atoms with Crippen LogP contribution < -0.4 is 4.90 Å². The fourth-order valence-corrected chi connectivity index (χ4v) is 5.08. The second kappa shape index (κ2) is 6.39. The van der Waals surface area contributed by atoms with Gasteiger partial charge >= 0.3 is 0 Å². The summed E-state index contributed by atoms with van der Waals surface area (Å²) in [5.41, 5.74) is 3.58. The lowest BCUT2D eigenvalue weighted by atomic mass is 9.93. The Bertz CT molecular complexity index is 954. The molecule has 7 heteroatoms. The number of carbonyl (C=O) groups excluding carboxylic acids is 1. The largest absolute Gasteiger partial charge is 0.352 e. The molecule has 0 saturated carbocycles. The van der Waals surface area contributed by atoms with Crippen LogP contribution in [0, 0.1) is 0 Å². The summed E-state index contributed by atoms with van der Waals surface area (Å²) in [5, 5.41) is 6.81. The topological polar surface area (TPSA) is 53.7 Å². The van der Waals surface area contributed by atoms with E-state index in [0.29, 0.717) is 0 Å².